The number of hydrogen-bond acceptors (Lipinski definition) is 3. The van der Waals surface area contributed by atoms with E-state index >= 15 is 0 Å². The Morgan fingerprint density at radius 1 is 0.903 bits per heavy atom. The molecule has 1 saturated carbocycles. The Morgan fingerprint density at radius 3 is 2.35 bits per heavy atom. The lowest BCUT2D eigenvalue weighted by atomic mass is 9.95. The van der Waals surface area contributed by atoms with Gasteiger partial charge in [0.15, 0.2) is 0 Å². The summed E-state index contributed by atoms with van der Waals surface area (Å²) >= 11 is 0. The fourth-order valence-electron chi connectivity index (χ4n) is 4.78. The Morgan fingerprint density at radius 2 is 1.58 bits per heavy atom. The number of para-hydroxylation sites is 3. The third kappa shape index (κ3) is 4.82. The SMILES string of the molecule is CN1C(=O)c2ccccc2N(C(=O)CCCCCNC2CCCCC2)c2ccccc21. The van der Waals surface area contributed by atoms with Gasteiger partial charge in [-0.2, -0.15) is 0 Å². The topological polar surface area (TPSA) is 52.7 Å². The van der Waals surface area contributed by atoms with Gasteiger partial charge < -0.3 is 10.2 Å². The second kappa shape index (κ2) is 10.1. The summed E-state index contributed by atoms with van der Waals surface area (Å²) in [5, 5.41) is 3.68. The molecule has 0 atom stereocenters. The van der Waals surface area contributed by atoms with Crippen molar-refractivity contribution in [2.45, 2.75) is 63.8 Å². The lowest BCUT2D eigenvalue weighted by Gasteiger charge is -2.25. The highest BCUT2D eigenvalue weighted by Gasteiger charge is 2.31. The van der Waals surface area contributed by atoms with Crippen molar-refractivity contribution in [1.29, 1.82) is 0 Å². The van der Waals surface area contributed by atoms with Gasteiger partial charge in [-0.25, -0.2) is 0 Å². The van der Waals surface area contributed by atoms with Crippen molar-refractivity contribution < 1.29 is 9.59 Å². The van der Waals surface area contributed by atoms with Gasteiger partial charge >= 0.3 is 0 Å². The van der Waals surface area contributed by atoms with Crippen LogP contribution in [-0.2, 0) is 4.79 Å². The van der Waals surface area contributed by atoms with Gasteiger partial charge in [0.05, 0.1) is 22.6 Å². The molecular weight excluding hydrogens is 386 g/mol. The molecule has 2 amide bonds. The molecule has 0 radical (unpaired) electrons. The fraction of sp³-hybridized carbons (Fsp3) is 0.462. The largest absolute Gasteiger partial charge is 0.314 e. The van der Waals surface area contributed by atoms with Gasteiger partial charge in [-0.3, -0.25) is 14.5 Å². The number of nitrogens with zero attached hydrogens (tertiary/aromatic N) is 2. The zero-order chi connectivity index (χ0) is 21.6. The number of hydrogen-bond donors (Lipinski definition) is 1. The maximum absolute atomic E-state index is 13.4. The van der Waals surface area contributed by atoms with Gasteiger partial charge in [0, 0.05) is 19.5 Å². The Bertz CT molecular complexity index is 920. The molecule has 2 aromatic carbocycles. The van der Waals surface area contributed by atoms with E-state index in [2.05, 4.69) is 5.32 Å². The minimum atomic E-state index is -0.0906. The fourth-order valence-corrected chi connectivity index (χ4v) is 4.78. The van der Waals surface area contributed by atoms with Crippen molar-refractivity contribution in [2.75, 3.05) is 23.4 Å². The van der Waals surface area contributed by atoms with Crippen molar-refractivity contribution in [1.82, 2.24) is 5.32 Å². The van der Waals surface area contributed by atoms with Crippen LogP contribution >= 0.6 is 0 Å². The molecule has 0 aromatic heterocycles. The third-order valence-corrected chi connectivity index (χ3v) is 6.52. The van der Waals surface area contributed by atoms with E-state index in [0.717, 1.165) is 37.2 Å². The molecule has 1 fully saturated rings. The van der Waals surface area contributed by atoms with Gasteiger partial charge in [-0.1, -0.05) is 49.9 Å². The van der Waals surface area contributed by atoms with Gasteiger partial charge in [0.2, 0.25) is 5.91 Å². The maximum atomic E-state index is 13.4. The number of anilines is 3. The highest BCUT2D eigenvalue weighted by molar-refractivity contribution is 6.18. The van der Waals surface area contributed by atoms with Crippen molar-refractivity contribution >= 4 is 28.9 Å². The van der Waals surface area contributed by atoms with Gasteiger partial charge in [0.25, 0.3) is 5.91 Å². The summed E-state index contributed by atoms with van der Waals surface area (Å²) in [4.78, 5) is 29.7. The summed E-state index contributed by atoms with van der Waals surface area (Å²) in [7, 11) is 1.77. The average molecular weight is 420 g/mol. The van der Waals surface area contributed by atoms with Crippen LogP contribution in [0.5, 0.6) is 0 Å². The number of nitrogens with one attached hydrogen (secondary N) is 1. The first kappa shape index (κ1) is 21.6. The summed E-state index contributed by atoms with van der Waals surface area (Å²) in [6.45, 7) is 1.04. The van der Waals surface area contributed by atoms with Crippen LogP contribution in [0.3, 0.4) is 0 Å². The highest BCUT2D eigenvalue weighted by Crippen LogP contribution is 2.40. The third-order valence-electron chi connectivity index (χ3n) is 6.52. The second-order valence-electron chi connectivity index (χ2n) is 8.70. The lowest BCUT2D eigenvalue weighted by molar-refractivity contribution is -0.118. The molecule has 2 aromatic rings. The van der Waals surface area contributed by atoms with E-state index in [9.17, 15) is 9.59 Å². The smallest absolute Gasteiger partial charge is 0.260 e. The first-order valence-electron chi connectivity index (χ1n) is 11.7. The molecule has 5 nitrogen and oxygen atoms in total. The Labute approximate surface area is 185 Å². The van der Waals surface area contributed by atoms with Crippen LogP contribution in [-0.4, -0.2) is 31.4 Å². The van der Waals surface area contributed by atoms with E-state index in [1.165, 1.54) is 32.1 Å². The van der Waals surface area contributed by atoms with E-state index < -0.39 is 0 Å². The van der Waals surface area contributed by atoms with E-state index in [0.29, 0.717) is 23.7 Å². The van der Waals surface area contributed by atoms with Crippen LogP contribution in [0.15, 0.2) is 48.5 Å². The van der Waals surface area contributed by atoms with Gasteiger partial charge in [-0.05, 0) is 56.5 Å². The number of amides is 2. The first-order valence-corrected chi connectivity index (χ1v) is 11.7. The Kier molecular flexibility index (Phi) is 7.03. The number of fused-ring (bicyclic) bond motifs is 2. The minimum absolute atomic E-state index is 0.0447. The van der Waals surface area contributed by atoms with Crippen molar-refractivity contribution in [3.05, 3.63) is 54.1 Å². The van der Waals surface area contributed by atoms with Crippen molar-refractivity contribution in [2.24, 2.45) is 0 Å². The molecule has 4 rings (SSSR count). The quantitative estimate of drug-likeness (QED) is 0.609. The minimum Gasteiger partial charge on any atom is -0.314 e. The molecule has 0 unspecified atom stereocenters. The summed E-state index contributed by atoms with van der Waals surface area (Å²) in [5.74, 6) is -0.0459. The Balaban J connectivity index is 1.41. The zero-order valence-electron chi connectivity index (χ0n) is 18.5. The predicted octanol–water partition coefficient (Wildman–Crippen LogP) is 5.42. The van der Waals surface area contributed by atoms with E-state index in [-0.39, 0.29) is 11.8 Å². The summed E-state index contributed by atoms with van der Waals surface area (Å²) in [6, 6.07) is 15.7. The van der Waals surface area contributed by atoms with Crippen LogP contribution in [0.2, 0.25) is 0 Å². The normalized spacial score (nSPS) is 16.6. The van der Waals surface area contributed by atoms with Crippen LogP contribution < -0.4 is 15.1 Å². The summed E-state index contributed by atoms with van der Waals surface area (Å²) in [5.41, 5.74) is 2.76. The number of benzene rings is 2. The number of carbonyl (C=O) groups excluding carboxylic acids is 2. The molecule has 5 heteroatoms. The lowest BCUT2D eigenvalue weighted by Crippen LogP contribution is -2.31. The summed E-state index contributed by atoms with van der Waals surface area (Å²) in [6.07, 6.45) is 10.1. The number of unbranched alkanes of at least 4 members (excludes halogenated alkanes) is 2. The number of carbonyl (C=O) groups is 2. The molecule has 1 N–H and O–H groups in total. The highest BCUT2D eigenvalue weighted by atomic mass is 16.2. The van der Waals surface area contributed by atoms with Crippen LogP contribution in [0.25, 0.3) is 0 Å². The molecule has 1 aliphatic heterocycles. The molecule has 0 spiro atoms. The van der Waals surface area contributed by atoms with Crippen LogP contribution in [0.1, 0.15) is 68.1 Å². The molecular formula is C26H33N3O2. The zero-order valence-corrected chi connectivity index (χ0v) is 18.5. The molecule has 1 heterocycles. The van der Waals surface area contributed by atoms with Gasteiger partial charge in [-0.15, -0.1) is 0 Å². The Hall–Kier alpha value is -2.66. The van der Waals surface area contributed by atoms with Crippen molar-refractivity contribution in [3.63, 3.8) is 0 Å². The average Bonchev–Trinajstić information content (AvgIpc) is 2.90. The monoisotopic (exact) mass is 419 g/mol. The summed E-state index contributed by atoms with van der Waals surface area (Å²) < 4.78 is 0. The molecule has 0 bridgehead atoms. The predicted molar refractivity (Wildman–Crippen MR) is 126 cm³/mol. The molecule has 164 valence electrons. The molecule has 1 aliphatic carbocycles. The second-order valence-corrected chi connectivity index (χ2v) is 8.70. The van der Waals surface area contributed by atoms with E-state index in [1.54, 1.807) is 22.9 Å². The van der Waals surface area contributed by atoms with E-state index in [1.807, 2.05) is 42.5 Å². The van der Waals surface area contributed by atoms with Crippen LogP contribution in [0, 0.1) is 0 Å². The van der Waals surface area contributed by atoms with E-state index in [4.69, 9.17) is 0 Å². The van der Waals surface area contributed by atoms with Crippen LogP contribution in [0.4, 0.5) is 17.1 Å². The molecule has 0 saturated heterocycles. The number of rotatable bonds is 7. The molecule has 31 heavy (non-hydrogen) atoms. The van der Waals surface area contributed by atoms with Gasteiger partial charge in [0.1, 0.15) is 0 Å². The maximum Gasteiger partial charge on any atom is 0.260 e. The standard InChI is InChI=1S/C26H33N3O2/c1-28-23-16-9-10-17-24(23)29(22-15-8-7-14-21(22)26(28)31)25(30)18-6-3-11-19-27-20-12-4-2-5-13-20/h7-10,14-17,20,27H,2-6,11-13,18-19H2,1H3. The molecule has 2 aliphatic rings. The van der Waals surface area contributed by atoms with Crippen molar-refractivity contribution in [3.8, 4) is 0 Å². The first-order chi connectivity index (χ1) is 15.2.